The monoisotopic (exact) mass is 743 g/mol. The predicted molar refractivity (Wildman–Crippen MR) is 189 cm³/mol. The number of rotatable bonds is 22. The molecule has 0 saturated heterocycles. The zero-order valence-corrected chi connectivity index (χ0v) is 31.8. The van der Waals surface area contributed by atoms with Crippen LogP contribution in [0.5, 0.6) is 0 Å². The lowest BCUT2D eigenvalue weighted by Crippen LogP contribution is -2.49. The zero-order chi connectivity index (χ0) is 40.6. The summed E-state index contributed by atoms with van der Waals surface area (Å²) in [7, 11) is 8.12. The summed E-state index contributed by atoms with van der Waals surface area (Å²) in [5, 5.41) is 9.87. The SMILES string of the molecule is CC.CCCNCC(=O)N(C)CC(=O)N(C)CC(=O)NCC(=O)N(C)CC(=O)N(C)CC(=O)NCC(=O)N(C)CC(=O)N(C)CC(=O)NCC(N)=O. The van der Waals surface area contributed by atoms with E-state index in [9.17, 15) is 47.9 Å². The lowest BCUT2D eigenvalue weighted by molar-refractivity contribution is -0.141. The van der Waals surface area contributed by atoms with Crippen LogP contribution in [0.15, 0.2) is 0 Å². The van der Waals surface area contributed by atoms with Crippen LogP contribution in [0.25, 0.3) is 0 Å². The largest absolute Gasteiger partial charge is 0.368 e. The van der Waals surface area contributed by atoms with Crippen molar-refractivity contribution >= 4 is 59.1 Å². The Balaban J connectivity index is 0. The van der Waals surface area contributed by atoms with Gasteiger partial charge in [-0.1, -0.05) is 20.8 Å². The van der Waals surface area contributed by atoms with Crippen LogP contribution in [0.2, 0.25) is 0 Å². The molecular formula is C31H57N11O10. The Morgan fingerprint density at radius 2 is 0.692 bits per heavy atom. The molecular weight excluding hydrogens is 686 g/mol. The summed E-state index contributed by atoms with van der Waals surface area (Å²) in [5.74, 6) is -5.92. The molecule has 296 valence electrons. The Hall–Kier alpha value is -5.34. The Bertz CT molecular complexity index is 1260. The number of carbonyl (C=O) groups is 10. The van der Waals surface area contributed by atoms with E-state index in [1.165, 1.54) is 47.2 Å². The number of nitrogens with zero attached hydrogens (tertiary/aromatic N) is 6. The van der Waals surface area contributed by atoms with Crippen molar-refractivity contribution in [2.45, 2.75) is 27.2 Å². The lowest BCUT2D eigenvalue weighted by Gasteiger charge is -2.23. The number of nitrogens with two attached hydrogens (primary N) is 1. The predicted octanol–water partition coefficient (Wildman–Crippen LogP) is -5.40. The highest BCUT2D eigenvalue weighted by atomic mass is 16.2. The summed E-state index contributed by atoms with van der Waals surface area (Å²) < 4.78 is 0. The molecule has 0 rings (SSSR count). The molecule has 0 aromatic rings. The Morgan fingerprint density at radius 3 is 0.981 bits per heavy atom. The van der Waals surface area contributed by atoms with Gasteiger partial charge in [-0.05, 0) is 13.0 Å². The third kappa shape index (κ3) is 21.7. The van der Waals surface area contributed by atoms with Crippen LogP contribution < -0.4 is 27.0 Å². The second kappa shape index (κ2) is 26.5. The molecule has 0 aliphatic heterocycles. The fourth-order valence-electron chi connectivity index (χ4n) is 3.62. The maximum absolute atomic E-state index is 12.6. The molecule has 0 aliphatic carbocycles. The number of carbonyl (C=O) groups excluding carboxylic acids is 10. The standard InChI is InChI=1S/C29H51N11O10.C2H6/c1-8-9-31-11-24(45)38(5)17-27(48)36(3)15-22(43)33-13-26(47)40(7)19-29(50)37(4)16-23(44)34-12-25(46)39(6)18-28(49)35(2)14-21(42)32-10-20(30)41;1-2/h31H,8-19H2,1-7H3,(H2,30,41)(H,32,42)(H,33,43)(H,34,44);1-2H3. The van der Waals surface area contributed by atoms with Gasteiger partial charge in [0.15, 0.2) is 0 Å². The second-order valence-corrected chi connectivity index (χ2v) is 11.5. The van der Waals surface area contributed by atoms with Crippen LogP contribution in [0.4, 0.5) is 0 Å². The highest BCUT2D eigenvalue weighted by Crippen LogP contribution is 1.95. The van der Waals surface area contributed by atoms with Crippen LogP contribution >= 0.6 is 0 Å². The number of likely N-dealkylation sites (N-methyl/N-ethyl adjacent to an activating group) is 6. The molecule has 0 aliphatic rings. The average Bonchev–Trinajstić information content (AvgIpc) is 3.08. The van der Waals surface area contributed by atoms with Crippen molar-refractivity contribution in [3.63, 3.8) is 0 Å². The van der Waals surface area contributed by atoms with Gasteiger partial charge in [-0.2, -0.15) is 0 Å². The molecule has 0 spiro atoms. The van der Waals surface area contributed by atoms with Crippen molar-refractivity contribution in [3.05, 3.63) is 0 Å². The van der Waals surface area contributed by atoms with Gasteiger partial charge in [0.25, 0.3) is 0 Å². The van der Waals surface area contributed by atoms with Gasteiger partial charge < -0.3 is 56.4 Å². The molecule has 10 amide bonds. The maximum Gasteiger partial charge on any atom is 0.242 e. The third-order valence-electron chi connectivity index (χ3n) is 6.85. The number of hydrogen-bond donors (Lipinski definition) is 5. The minimum absolute atomic E-state index is 0.0831. The highest BCUT2D eigenvalue weighted by Gasteiger charge is 2.22. The highest BCUT2D eigenvalue weighted by molar-refractivity contribution is 5.93. The molecule has 0 radical (unpaired) electrons. The summed E-state index contributed by atoms with van der Waals surface area (Å²) in [6.45, 7) is 3.10. The van der Waals surface area contributed by atoms with E-state index in [0.29, 0.717) is 6.54 Å². The molecule has 0 heterocycles. The summed E-state index contributed by atoms with van der Waals surface area (Å²) in [6, 6.07) is 0. The molecule has 0 aromatic carbocycles. The van der Waals surface area contributed by atoms with E-state index in [0.717, 1.165) is 30.9 Å². The molecule has 0 unspecified atom stereocenters. The first-order chi connectivity index (χ1) is 24.3. The van der Waals surface area contributed by atoms with Gasteiger partial charge in [-0.15, -0.1) is 0 Å². The van der Waals surface area contributed by atoms with Crippen LogP contribution in [-0.2, 0) is 47.9 Å². The van der Waals surface area contributed by atoms with E-state index < -0.39 is 85.9 Å². The molecule has 21 nitrogen and oxygen atoms in total. The maximum atomic E-state index is 12.6. The fraction of sp³-hybridized carbons (Fsp3) is 0.677. The third-order valence-corrected chi connectivity index (χ3v) is 6.85. The molecule has 0 atom stereocenters. The quantitative estimate of drug-likeness (QED) is 0.0654. The molecule has 0 aromatic heterocycles. The Morgan fingerprint density at radius 1 is 0.423 bits per heavy atom. The van der Waals surface area contributed by atoms with Crippen molar-refractivity contribution < 1.29 is 47.9 Å². The molecule has 0 saturated carbocycles. The lowest BCUT2D eigenvalue weighted by atomic mass is 10.4. The van der Waals surface area contributed by atoms with Crippen LogP contribution in [0, 0.1) is 0 Å². The van der Waals surface area contributed by atoms with Crippen LogP contribution in [-0.4, -0.2) is 203 Å². The molecule has 0 fully saturated rings. The first-order valence-electron chi connectivity index (χ1n) is 16.5. The van der Waals surface area contributed by atoms with E-state index in [-0.39, 0.29) is 38.6 Å². The molecule has 6 N–H and O–H groups in total. The van der Waals surface area contributed by atoms with Gasteiger partial charge in [0.1, 0.15) is 0 Å². The molecule has 0 bridgehead atoms. The van der Waals surface area contributed by atoms with Crippen LogP contribution in [0.3, 0.4) is 0 Å². The average molecular weight is 744 g/mol. The van der Waals surface area contributed by atoms with Gasteiger partial charge in [0.05, 0.1) is 65.4 Å². The first-order valence-corrected chi connectivity index (χ1v) is 16.5. The van der Waals surface area contributed by atoms with Gasteiger partial charge in [-0.25, -0.2) is 0 Å². The first kappa shape index (κ1) is 48.8. The number of primary amides is 1. The zero-order valence-electron chi connectivity index (χ0n) is 31.8. The van der Waals surface area contributed by atoms with E-state index in [1.54, 1.807) is 0 Å². The van der Waals surface area contributed by atoms with Gasteiger partial charge in [0.2, 0.25) is 59.1 Å². The summed E-state index contributed by atoms with van der Waals surface area (Å²) in [6.07, 6.45) is 0.851. The van der Waals surface area contributed by atoms with Crippen LogP contribution in [0.1, 0.15) is 27.2 Å². The topological polar surface area (TPSA) is 264 Å². The van der Waals surface area contributed by atoms with E-state index in [4.69, 9.17) is 5.73 Å². The number of hydrogen-bond acceptors (Lipinski definition) is 11. The summed E-state index contributed by atoms with van der Waals surface area (Å²) >= 11 is 0. The second-order valence-electron chi connectivity index (χ2n) is 11.5. The van der Waals surface area contributed by atoms with Gasteiger partial charge in [0, 0.05) is 42.3 Å². The van der Waals surface area contributed by atoms with E-state index >= 15 is 0 Å². The van der Waals surface area contributed by atoms with Gasteiger partial charge in [-0.3, -0.25) is 47.9 Å². The summed E-state index contributed by atoms with van der Waals surface area (Å²) in [5.41, 5.74) is 4.94. The van der Waals surface area contributed by atoms with E-state index in [1.807, 2.05) is 20.8 Å². The van der Waals surface area contributed by atoms with Gasteiger partial charge >= 0.3 is 0 Å². The van der Waals surface area contributed by atoms with Crippen molar-refractivity contribution in [1.29, 1.82) is 0 Å². The van der Waals surface area contributed by atoms with Crippen molar-refractivity contribution in [3.8, 4) is 0 Å². The Labute approximate surface area is 304 Å². The van der Waals surface area contributed by atoms with E-state index in [2.05, 4.69) is 21.3 Å². The minimum Gasteiger partial charge on any atom is -0.368 e. The summed E-state index contributed by atoms with van der Waals surface area (Å²) in [4.78, 5) is 128. The smallest absolute Gasteiger partial charge is 0.242 e. The molecule has 52 heavy (non-hydrogen) atoms. The van der Waals surface area contributed by atoms with Crippen molar-refractivity contribution in [1.82, 2.24) is 50.7 Å². The van der Waals surface area contributed by atoms with Crippen molar-refractivity contribution in [2.75, 3.05) is 114 Å². The normalized spacial score (nSPS) is 9.94. The number of amides is 10. The van der Waals surface area contributed by atoms with Crippen molar-refractivity contribution in [2.24, 2.45) is 5.73 Å². The fourth-order valence-corrected chi connectivity index (χ4v) is 3.62. The Kier molecular flexibility index (Phi) is 24.8. The molecule has 21 heteroatoms. The number of nitrogens with one attached hydrogen (secondary N) is 4. The minimum atomic E-state index is -0.751.